The van der Waals surface area contributed by atoms with Crippen molar-refractivity contribution in [3.05, 3.63) is 40.8 Å². The second-order valence-corrected chi connectivity index (χ2v) is 4.93. The number of hydrogen-bond donors (Lipinski definition) is 1. The van der Waals surface area contributed by atoms with Crippen LogP contribution in [-0.4, -0.2) is 25.2 Å². The lowest BCUT2D eigenvalue weighted by molar-refractivity contribution is 0.431. The largest absolute Gasteiger partial charge is 0.507 e. The first-order valence-electron chi connectivity index (χ1n) is 5.76. The third kappa shape index (κ3) is 2.39. The van der Waals surface area contributed by atoms with E-state index in [2.05, 4.69) is 36.0 Å². The maximum atomic E-state index is 9.66. The normalized spacial score (nSPS) is 10.7. The molecular weight excluding hydrogens is 324 g/mol. The summed E-state index contributed by atoms with van der Waals surface area (Å²) in [6, 6.07) is 6.74. The van der Waals surface area contributed by atoms with Crippen molar-refractivity contribution < 1.29 is 9.63 Å². The van der Waals surface area contributed by atoms with Crippen molar-refractivity contribution in [1.82, 2.24) is 20.1 Å². The topological polar surface area (TPSA) is 84.9 Å². The summed E-state index contributed by atoms with van der Waals surface area (Å²) in [7, 11) is 0. The number of nitrogens with zero attached hydrogens (tertiary/aromatic N) is 4. The molecule has 6 nitrogen and oxygen atoms in total. The van der Waals surface area contributed by atoms with Gasteiger partial charge in [0.15, 0.2) is 0 Å². The molecule has 2 heterocycles. The van der Waals surface area contributed by atoms with E-state index in [1.807, 2.05) is 0 Å². The van der Waals surface area contributed by atoms with Crippen LogP contribution in [0.15, 0.2) is 39.5 Å². The first-order valence-corrected chi connectivity index (χ1v) is 6.55. The molecule has 0 aliphatic heterocycles. The van der Waals surface area contributed by atoms with Gasteiger partial charge in [0.2, 0.25) is 5.82 Å². The molecule has 1 aromatic carbocycles. The molecule has 20 heavy (non-hydrogen) atoms. The quantitative estimate of drug-likeness (QED) is 0.776. The maximum absolute atomic E-state index is 9.66. The van der Waals surface area contributed by atoms with Gasteiger partial charge in [0.25, 0.3) is 5.89 Å². The lowest BCUT2D eigenvalue weighted by Crippen LogP contribution is -1.91. The zero-order valence-electron chi connectivity index (χ0n) is 10.4. The Morgan fingerprint density at radius 1 is 1.20 bits per heavy atom. The average Bonchev–Trinajstić information content (AvgIpc) is 2.92. The third-order valence-corrected chi connectivity index (χ3v) is 3.29. The molecule has 0 amide bonds. The summed E-state index contributed by atoms with van der Waals surface area (Å²) in [5, 5.41) is 13.6. The molecule has 0 unspecified atom stereocenters. The molecule has 1 N–H and O–H groups in total. The fraction of sp³-hybridized carbons (Fsp3) is 0.0769. The van der Waals surface area contributed by atoms with Crippen molar-refractivity contribution in [3.63, 3.8) is 0 Å². The molecule has 3 rings (SSSR count). The van der Waals surface area contributed by atoms with Crippen LogP contribution in [0, 0.1) is 6.92 Å². The van der Waals surface area contributed by atoms with Gasteiger partial charge in [-0.05, 0) is 47.1 Å². The summed E-state index contributed by atoms with van der Waals surface area (Å²) in [5.74, 6) is 1.45. The van der Waals surface area contributed by atoms with E-state index in [1.54, 1.807) is 37.4 Å². The van der Waals surface area contributed by atoms with E-state index in [9.17, 15) is 5.11 Å². The van der Waals surface area contributed by atoms with Crippen LogP contribution in [0.2, 0.25) is 0 Å². The van der Waals surface area contributed by atoms with Gasteiger partial charge in [-0.15, -0.1) is 0 Å². The van der Waals surface area contributed by atoms with Crippen LogP contribution < -0.4 is 0 Å². The fourth-order valence-electron chi connectivity index (χ4n) is 1.67. The Morgan fingerprint density at radius 2 is 2.05 bits per heavy atom. The van der Waals surface area contributed by atoms with Gasteiger partial charge < -0.3 is 9.63 Å². The van der Waals surface area contributed by atoms with Crippen LogP contribution in [0.1, 0.15) is 5.82 Å². The van der Waals surface area contributed by atoms with E-state index in [0.717, 1.165) is 0 Å². The number of benzene rings is 1. The van der Waals surface area contributed by atoms with Gasteiger partial charge in [0.05, 0.1) is 4.47 Å². The molecule has 0 bridgehead atoms. The van der Waals surface area contributed by atoms with Crippen LogP contribution in [0.4, 0.5) is 0 Å². The summed E-state index contributed by atoms with van der Waals surface area (Å²) in [6.45, 7) is 1.79. The summed E-state index contributed by atoms with van der Waals surface area (Å²) in [6.07, 6.45) is 1.64. The lowest BCUT2D eigenvalue weighted by atomic mass is 10.2. The van der Waals surface area contributed by atoms with Crippen LogP contribution in [0.25, 0.3) is 23.0 Å². The minimum atomic E-state index is 0.111. The Morgan fingerprint density at radius 3 is 2.80 bits per heavy atom. The van der Waals surface area contributed by atoms with Gasteiger partial charge >= 0.3 is 0 Å². The highest BCUT2D eigenvalue weighted by Crippen LogP contribution is 2.29. The second-order valence-electron chi connectivity index (χ2n) is 4.08. The number of halogens is 1. The molecule has 3 aromatic rings. The summed E-state index contributed by atoms with van der Waals surface area (Å²) in [5.41, 5.74) is 1.23. The number of aromatic hydroxyl groups is 1. The molecule has 0 saturated carbocycles. The Bertz CT molecular complexity index is 773. The molecule has 2 aromatic heterocycles. The van der Waals surface area contributed by atoms with Crippen molar-refractivity contribution in [3.8, 4) is 28.7 Å². The standard InChI is InChI=1S/C13H9BrN4O2/c1-7-15-5-4-10(16-7)12-17-13(20-18-12)8-2-3-9(14)11(19)6-8/h2-6,19H,1H3. The van der Waals surface area contributed by atoms with E-state index in [1.165, 1.54) is 0 Å². The van der Waals surface area contributed by atoms with Gasteiger partial charge in [-0.25, -0.2) is 9.97 Å². The monoisotopic (exact) mass is 332 g/mol. The van der Waals surface area contributed by atoms with E-state index in [0.29, 0.717) is 33.3 Å². The summed E-state index contributed by atoms with van der Waals surface area (Å²) < 4.78 is 5.80. The lowest BCUT2D eigenvalue weighted by Gasteiger charge is -1.98. The first kappa shape index (κ1) is 12.7. The van der Waals surface area contributed by atoms with Crippen molar-refractivity contribution in [1.29, 1.82) is 0 Å². The Hall–Kier alpha value is -2.28. The predicted molar refractivity (Wildman–Crippen MR) is 74.9 cm³/mol. The van der Waals surface area contributed by atoms with Gasteiger partial charge in [0, 0.05) is 11.8 Å². The molecule has 0 aliphatic carbocycles. The first-order chi connectivity index (χ1) is 9.63. The second kappa shape index (κ2) is 5.01. The minimum Gasteiger partial charge on any atom is -0.507 e. The molecule has 0 fully saturated rings. The average molecular weight is 333 g/mol. The number of aromatic nitrogens is 4. The summed E-state index contributed by atoms with van der Waals surface area (Å²) in [4.78, 5) is 12.5. The zero-order chi connectivity index (χ0) is 14.1. The SMILES string of the molecule is Cc1nccc(-c2noc(-c3ccc(Br)c(O)c3)n2)n1. The van der Waals surface area contributed by atoms with Gasteiger partial charge in [-0.2, -0.15) is 4.98 Å². The van der Waals surface area contributed by atoms with E-state index in [4.69, 9.17) is 4.52 Å². The molecule has 7 heteroatoms. The molecule has 0 atom stereocenters. The zero-order valence-corrected chi connectivity index (χ0v) is 12.0. The van der Waals surface area contributed by atoms with Gasteiger partial charge in [0.1, 0.15) is 17.3 Å². The van der Waals surface area contributed by atoms with Gasteiger partial charge in [-0.1, -0.05) is 5.16 Å². The Labute approximate surface area is 122 Å². The van der Waals surface area contributed by atoms with Crippen molar-refractivity contribution >= 4 is 15.9 Å². The number of hydrogen-bond acceptors (Lipinski definition) is 6. The molecular formula is C13H9BrN4O2. The number of phenols is 1. The maximum Gasteiger partial charge on any atom is 0.258 e. The molecule has 0 saturated heterocycles. The van der Waals surface area contributed by atoms with E-state index >= 15 is 0 Å². The third-order valence-electron chi connectivity index (χ3n) is 2.62. The van der Waals surface area contributed by atoms with Crippen LogP contribution >= 0.6 is 15.9 Å². The summed E-state index contributed by atoms with van der Waals surface area (Å²) >= 11 is 3.22. The number of phenolic OH excluding ortho intramolecular Hbond substituents is 1. The fourth-order valence-corrected chi connectivity index (χ4v) is 1.92. The molecule has 0 radical (unpaired) electrons. The highest BCUT2D eigenvalue weighted by Gasteiger charge is 2.13. The van der Waals surface area contributed by atoms with E-state index < -0.39 is 0 Å². The van der Waals surface area contributed by atoms with Crippen LogP contribution in [0.3, 0.4) is 0 Å². The number of aryl methyl sites for hydroxylation is 1. The van der Waals surface area contributed by atoms with Crippen molar-refractivity contribution in [2.75, 3.05) is 0 Å². The van der Waals surface area contributed by atoms with Crippen molar-refractivity contribution in [2.45, 2.75) is 6.92 Å². The Balaban J connectivity index is 1.99. The van der Waals surface area contributed by atoms with E-state index in [-0.39, 0.29) is 5.75 Å². The molecule has 0 aliphatic rings. The van der Waals surface area contributed by atoms with Gasteiger partial charge in [-0.3, -0.25) is 0 Å². The highest BCUT2D eigenvalue weighted by molar-refractivity contribution is 9.10. The van der Waals surface area contributed by atoms with Crippen LogP contribution in [-0.2, 0) is 0 Å². The Kier molecular flexibility index (Phi) is 3.19. The highest BCUT2D eigenvalue weighted by atomic mass is 79.9. The number of rotatable bonds is 2. The van der Waals surface area contributed by atoms with Crippen molar-refractivity contribution in [2.24, 2.45) is 0 Å². The molecule has 100 valence electrons. The predicted octanol–water partition coefficient (Wildman–Crippen LogP) is 2.97. The van der Waals surface area contributed by atoms with Crippen LogP contribution in [0.5, 0.6) is 5.75 Å². The smallest absolute Gasteiger partial charge is 0.258 e. The molecule has 0 spiro atoms. The minimum absolute atomic E-state index is 0.111.